The molecule has 0 unspecified atom stereocenters. The largest absolute Gasteiger partial charge is 0.322 e. The maximum absolute atomic E-state index is 14.2. The van der Waals surface area contributed by atoms with Crippen LogP contribution < -0.4 is 5.32 Å². The van der Waals surface area contributed by atoms with Gasteiger partial charge in [-0.1, -0.05) is 18.2 Å². The van der Waals surface area contributed by atoms with Gasteiger partial charge >= 0.3 is 0 Å². The van der Waals surface area contributed by atoms with Gasteiger partial charge in [0, 0.05) is 31.2 Å². The Balaban J connectivity index is 1.94. The number of aryl methyl sites for hydroxylation is 1. The summed E-state index contributed by atoms with van der Waals surface area (Å²) in [5, 5.41) is 2.73. The summed E-state index contributed by atoms with van der Waals surface area (Å²) in [6.07, 6.45) is 0. The molecule has 0 aliphatic rings. The second kappa shape index (κ2) is 7.81. The van der Waals surface area contributed by atoms with Gasteiger partial charge in [-0.05, 0) is 50.2 Å². The molecule has 0 atom stereocenters. The molecule has 0 radical (unpaired) electrons. The molecule has 0 saturated heterocycles. The van der Waals surface area contributed by atoms with Crippen LogP contribution in [0.3, 0.4) is 0 Å². The highest BCUT2D eigenvalue weighted by molar-refractivity contribution is 7.89. The van der Waals surface area contributed by atoms with Crippen LogP contribution in [-0.4, -0.2) is 37.3 Å². The van der Waals surface area contributed by atoms with Crippen molar-refractivity contribution in [3.8, 4) is 5.69 Å². The van der Waals surface area contributed by atoms with Gasteiger partial charge in [0.05, 0.1) is 16.1 Å². The first-order valence-electron chi connectivity index (χ1n) is 8.90. The molecular formula is C21H22FN3O3S. The van der Waals surface area contributed by atoms with Crippen molar-refractivity contribution in [3.05, 3.63) is 77.4 Å². The van der Waals surface area contributed by atoms with E-state index in [1.165, 1.54) is 32.3 Å². The summed E-state index contributed by atoms with van der Waals surface area (Å²) < 4.78 is 41.6. The van der Waals surface area contributed by atoms with E-state index >= 15 is 0 Å². The number of carbonyl (C=O) groups excluding carboxylic acids is 1. The fraction of sp³-hybridized carbons (Fsp3) is 0.190. The van der Waals surface area contributed by atoms with Crippen molar-refractivity contribution in [2.45, 2.75) is 18.7 Å². The Labute approximate surface area is 169 Å². The van der Waals surface area contributed by atoms with Crippen molar-refractivity contribution < 1.29 is 17.6 Å². The van der Waals surface area contributed by atoms with Gasteiger partial charge in [-0.15, -0.1) is 0 Å². The van der Waals surface area contributed by atoms with Crippen LogP contribution in [-0.2, 0) is 10.0 Å². The molecule has 0 aliphatic carbocycles. The van der Waals surface area contributed by atoms with Gasteiger partial charge in [0.2, 0.25) is 10.0 Å². The molecular weight excluding hydrogens is 393 g/mol. The van der Waals surface area contributed by atoms with Gasteiger partial charge < -0.3 is 9.88 Å². The Morgan fingerprint density at radius 1 is 1.03 bits per heavy atom. The Morgan fingerprint density at radius 2 is 1.72 bits per heavy atom. The molecule has 6 nitrogen and oxygen atoms in total. The summed E-state index contributed by atoms with van der Waals surface area (Å²) >= 11 is 0. The number of hydrogen-bond donors (Lipinski definition) is 1. The second-order valence-electron chi connectivity index (χ2n) is 6.84. The summed E-state index contributed by atoms with van der Waals surface area (Å²) in [5.74, 6) is -0.789. The van der Waals surface area contributed by atoms with Crippen LogP contribution in [0.5, 0.6) is 0 Å². The molecule has 29 heavy (non-hydrogen) atoms. The van der Waals surface area contributed by atoms with E-state index in [1.54, 1.807) is 54.8 Å². The van der Waals surface area contributed by atoms with Crippen LogP contribution in [0.15, 0.2) is 59.5 Å². The van der Waals surface area contributed by atoms with Gasteiger partial charge in [-0.3, -0.25) is 4.79 Å². The lowest BCUT2D eigenvalue weighted by Gasteiger charge is -2.13. The first-order chi connectivity index (χ1) is 13.6. The van der Waals surface area contributed by atoms with Crippen LogP contribution in [0, 0.1) is 19.7 Å². The minimum atomic E-state index is -3.62. The van der Waals surface area contributed by atoms with E-state index in [-0.39, 0.29) is 10.7 Å². The van der Waals surface area contributed by atoms with E-state index in [0.29, 0.717) is 28.3 Å². The number of hydrogen-bond acceptors (Lipinski definition) is 3. The summed E-state index contributed by atoms with van der Waals surface area (Å²) in [6, 6.07) is 14.1. The SMILES string of the molecule is Cc1cc(C(=O)Nc2cccc(S(=O)(=O)N(C)C)c2)c(C)n1-c1ccccc1F. The van der Waals surface area contributed by atoms with Gasteiger partial charge in [-0.2, -0.15) is 0 Å². The third-order valence-corrected chi connectivity index (χ3v) is 6.45. The molecule has 152 valence electrons. The minimum Gasteiger partial charge on any atom is -0.322 e. The van der Waals surface area contributed by atoms with Crippen molar-refractivity contribution in [1.82, 2.24) is 8.87 Å². The first-order valence-corrected chi connectivity index (χ1v) is 10.3. The minimum absolute atomic E-state index is 0.0807. The average Bonchev–Trinajstić information content (AvgIpc) is 2.97. The van der Waals surface area contributed by atoms with Gasteiger partial charge in [0.15, 0.2) is 0 Å². The molecule has 2 aromatic carbocycles. The fourth-order valence-electron chi connectivity index (χ4n) is 3.14. The molecule has 3 aromatic rings. The number of nitrogens with one attached hydrogen (secondary N) is 1. The molecule has 3 rings (SSSR count). The smallest absolute Gasteiger partial charge is 0.257 e. The standard InChI is InChI=1S/C21H22FN3O3S/c1-14-12-18(15(2)25(14)20-11-6-5-10-19(20)22)21(26)23-16-8-7-9-17(13-16)29(27,28)24(3)4/h5-13H,1-4H3,(H,23,26). The van der Waals surface area contributed by atoms with E-state index in [1.807, 2.05) is 0 Å². The number of para-hydroxylation sites is 1. The lowest BCUT2D eigenvalue weighted by molar-refractivity contribution is 0.102. The third-order valence-electron chi connectivity index (χ3n) is 4.64. The van der Waals surface area contributed by atoms with Crippen LogP contribution in [0.2, 0.25) is 0 Å². The zero-order valence-electron chi connectivity index (χ0n) is 16.6. The summed E-state index contributed by atoms with van der Waals surface area (Å²) in [5.41, 5.74) is 2.39. The van der Waals surface area contributed by atoms with Crippen molar-refractivity contribution in [2.75, 3.05) is 19.4 Å². The Bertz CT molecular complexity index is 1180. The lowest BCUT2D eigenvalue weighted by Crippen LogP contribution is -2.22. The number of carbonyl (C=O) groups is 1. The van der Waals surface area contributed by atoms with Crippen LogP contribution in [0.1, 0.15) is 21.7 Å². The number of sulfonamides is 1. The number of amides is 1. The highest BCUT2D eigenvalue weighted by Gasteiger charge is 2.20. The third kappa shape index (κ3) is 3.94. The number of nitrogens with zero attached hydrogens (tertiary/aromatic N) is 2. The zero-order chi connectivity index (χ0) is 21.3. The quantitative estimate of drug-likeness (QED) is 0.690. The molecule has 1 amide bonds. The number of aromatic nitrogens is 1. The second-order valence-corrected chi connectivity index (χ2v) is 8.99. The molecule has 1 aromatic heterocycles. The molecule has 1 N–H and O–H groups in total. The Hall–Kier alpha value is -2.97. The topological polar surface area (TPSA) is 71.4 Å². The highest BCUT2D eigenvalue weighted by Crippen LogP contribution is 2.24. The van der Waals surface area contributed by atoms with E-state index < -0.39 is 15.9 Å². The van der Waals surface area contributed by atoms with Crippen LogP contribution in [0.25, 0.3) is 5.69 Å². The normalized spacial score (nSPS) is 11.7. The van der Waals surface area contributed by atoms with Gasteiger partial charge in [0.25, 0.3) is 5.91 Å². The predicted octanol–water partition coefficient (Wildman–Crippen LogP) is 3.74. The number of halogens is 1. The fourth-order valence-corrected chi connectivity index (χ4v) is 4.09. The maximum atomic E-state index is 14.2. The molecule has 0 saturated carbocycles. The van der Waals surface area contributed by atoms with Crippen LogP contribution in [0.4, 0.5) is 10.1 Å². The molecule has 0 fully saturated rings. The monoisotopic (exact) mass is 415 g/mol. The zero-order valence-corrected chi connectivity index (χ0v) is 17.4. The average molecular weight is 415 g/mol. The predicted molar refractivity (Wildman–Crippen MR) is 110 cm³/mol. The van der Waals surface area contributed by atoms with Crippen molar-refractivity contribution in [2.24, 2.45) is 0 Å². The number of benzene rings is 2. The van der Waals surface area contributed by atoms with E-state index in [9.17, 15) is 17.6 Å². The summed E-state index contributed by atoms with van der Waals surface area (Å²) in [6.45, 7) is 3.53. The summed E-state index contributed by atoms with van der Waals surface area (Å²) in [4.78, 5) is 12.9. The van der Waals surface area contributed by atoms with E-state index in [4.69, 9.17) is 0 Å². The number of rotatable bonds is 5. The highest BCUT2D eigenvalue weighted by atomic mass is 32.2. The molecule has 1 heterocycles. The molecule has 0 spiro atoms. The lowest BCUT2D eigenvalue weighted by atomic mass is 10.2. The summed E-state index contributed by atoms with van der Waals surface area (Å²) in [7, 11) is -0.730. The van der Waals surface area contributed by atoms with E-state index in [0.717, 1.165) is 4.31 Å². The molecule has 0 aliphatic heterocycles. The van der Waals surface area contributed by atoms with E-state index in [2.05, 4.69) is 5.32 Å². The first kappa shape index (κ1) is 20.8. The van der Waals surface area contributed by atoms with Crippen molar-refractivity contribution in [3.63, 3.8) is 0 Å². The maximum Gasteiger partial charge on any atom is 0.257 e. The Kier molecular flexibility index (Phi) is 5.59. The number of anilines is 1. The van der Waals surface area contributed by atoms with Gasteiger partial charge in [-0.25, -0.2) is 17.1 Å². The van der Waals surface area contributed by atoms with Crippen molar-refractivity contribution in [1.29, 1.82) is 0 Å². The van der Waals surface area contributed by atoms with Crippen LogP contribution >= 0.6 is 0 Å². The van der Waals surface area contributed by atoms with Gasteiger partial charge in [0.1, 0.15) is 5.82 Å². The van der Waals surface area contributed by atoms with Crippen molar-refractivity contribution >= 4 is 21.6 Å². The molecule has 0 bridgehead atoms. The molecule has 8 heteroatoms. The Morgan fingerprint density at radius 3 is 2.38 bits per heavy atom.